The highest BCUT2D eigenvalue weighted by atomic mass is 32.2. The van der Waals surface area contributed by atoms with E-state index in [1.54, 1.807) is 12.1 Å². The lowest BCUT2D eigenvalue weighted by molar-refractivity contribution is 0.510. The molecule has 0 saturated heterocycles. The number of rotatable bonds is 5. The van der Waals surface area contributed by atoms with Crippen molar-refractivity contribution in [3.63, 3.8) is 0 Å². The van der Waals surface area contributed by atoms with Gasteiger partial charge in [0.2, 0.25) is 0 Å². The van der Waals surface area contributed by atoms with Gasteiger partial charge in [-0.25, -0.2) is 4.39 Å². The van der Waals surface area contributed by atoms with Crippen LogP contribution < -0.4 is 5.73 Å². The SMILES string of the molecule is CC(C)C(C(N)c1ccccc1)S(=O)c1cccc(F)c1. The highest BCUT2D eigenvalue weighted by Crippen LogP contribution is 2.28. The first-order chi connectivity index (χ1) is 10.0. The van der Waals surface area contributed by atoms with Gasteiger partial charge in [0.15, 0.2) is 0 Å². The van der Waals surface area contributed by atoms with Gasteiger partial charge >= 0.3 is 0 Å². The van der Waals surface area contributed by atoms with Crippen LogP contribution in [0.2, 0.25) is 0 Å². The van der Waals surface area contributed by atoms with E-state index in [1.807, 2.05) is 44.2 Å². The molecule has 0 spiro atoms. The zero-order chi connectivity index (χ0) is 15.4. The number of nitrogens with two attached hydrogens (primary N) is 1. The molecule has 0 saturated carbocycles. The third-order valence-electron chi connectivity index (χ3n) is 3.47. The summed E-state index contributed by atoms with van der Waals surface area (Å²) in [5, 5.41) is -0.269. The standard InChI is InChI=1S/C17H20FNOS/c1-12(2)17(16(19)13-7-4-3-5-8-13)21(20)15-10-6-9-14(18)11-15/h3-12,16-17H,19H2,1-2H3. The molecule has 0 amide bonds. The molecule has 0 fully saturated rings. The van der Waals surface area contributed by atoms with Crippen LogP contribution in [-0.4, -0.2) is 9.46 Å². The van der Waals surface area contributed by atoms with Crippen LogP contribution >= 0.6 is 0 Å². The molecule has 0 aliphatic rings. The van der Waals surface area contributed by atoms with Crippen LogP contribution in [0.3, 0.4) is 0 Å². The van der Waals surface area contributed by atoms with Crippen LogP contribution in [0.4, 0.5) is 4.39 Å². The maximum absolute atomic E-state index is 13.4. The van der Waals surface area contributed by atoms with E-state index >= 15 is 0 Å². The van der Waals surface area contributed by atoms with Crippen molar-refractivity contribution in [1.82, 2.24) is 0 Å². The molecule has 0 aliphatic heterocycles. The van der Waals surface area contributed by atoms with E-state index in [1.165, 1.54) is 12.1 Å². The molecule has 112 valence electrons. The number of benzene rings is 2. The zero-order valence-corrected chi connectivity index (χ0v) is 13.0. The Balaban J connectivity index is 2.33. The second-order valence-corrected chi connectivity index (χ2v) is 7.01. The average Bonchev–Trinajstić information content (AvgIpc) is 2.47. The first kappa shape index (κ1) is 15.9. The van der Waals surface area contributed by atoms with Crippen molar-refractivity contribution in [2.24, 2.45) is 11.7 Å². The molecule has 0 heterocycles. The van der Waals surface area contributed by atoms with E-state index in [0.717, 1.165) is 5.56 Å². The third-order valence-corrected chi connectivity index (χ3v) is 5.52. The maximum Gasteiger partial charge on any atom is 0.124 e. The van der Waals surface area contributed by atoms with Gasteiger partial charge in [-0.2, -0.15) is 0 Å². The second kappa shape index (κ2) is 6.96. The maximum atomic E-state index is 13.4. The zero-order valence-electron chi connectivity index (χ0n) is 12.2. The van der Waals surface area contributed by atoms with Crippen LogP contribution in [0, 0.1) is 11.7 Å². The van der Waals surface area contributed by atoms with Crippen LogP contribution in [0.1, 0.15) is 25.5 Å². The summed E-state index contributed by atoms with van der Waals surface area (Å²) in [5.41, 5.74) is 7.28. The number of hydrogen-bond donors (Lipinski definition) is 1. The molecule has 0 aromatic heterocycles. The molecule has 2 N–H and O–H groups in total. The Hall–Kier alpha value is -1.52. The summed E-state index contributed by atoms with van der Waals surface area (Å²) in [7, 11) is -1.36. The smallest absolute Gasteiger partial charge is 0.124 e. The molecule has 3 unspecified atom stereocenters. The predicted molar refractivity (Wildman–Crippen MR) is 84.8 cm³/mol. The summed E-state index contributed by atoms with van der Waals surface area (Å²) in [6.45, 7) is 3.98. The largest absolute Gasteiger partial charge is 0.323 e. The highest BCUT2D eigenvalue weighted by molar-refractivity contribution is 7.85. The number of hydrogen-bond acceptors (Lipinski definition) is 2. The number of halogens is 1. The van der Waals surface area contributed by atoms with Crippen molar-refractivity contribution in [3.05, 3.63) is 66.0 Å². The Morgan fingerprint density at radius 1 is 1.05 bits per heavy atom. The minimum Gasteiger partial charge on any atom is -0.323 e. The van der Waals surface area contributed by atoms with E-state index < -0.39 is 10.8 Å². The van der Waals surface area contributed by atoms with Crippen LogP contribution in [0.5, 0.6) is 0 Å². The quantitative estimate of drug-likeness (QED) is 0.916. The Labute approximate surface area is 127 Å². The van der Waals surface area contributed by atoms with Gasteiger partial charge in [0.05, 0.1) is 16.0 Å². The van der Waals surface area contributed by atoms with Crippen molar-refractivity contribution in [2.75, 3.05) is 0 Å². The Morgan fingerprint density at radius 3 is 2.29 bits per heavy atom. The Bertz CT molecular complexity index is 615. The molecule has 0 bridgehead atoms. The summed E-state index contributed by atoms with van der Waals surface area (Å²) in [6, 6.07) is 15.2. The summed E-state index contributed by atoms with van der Waals surface area (Å²) >= 11 is 0. The molecule has 21 heavy (non-hydrogen) atoms. The lowest BCUT2D eigenvalue weighted by Gasteiger charge is -2.27. The van der Waals surface area contributed by atoms with Crippen molar-refractivity contribution in [1.29, 1.82) is 0 Å². The van der Waals surface area contributed by atoms with Gasteiger partial charge in [-0.05, 0) is 29.7 Å². The predicted octanol–water partition coefficient (Wildman–Crippen LogP) is 3.66. The van der Waals surface area contributed by atoms with Crippen LogP contribution in [0.15, 0.2) is 59.5 Å². The first-order valence-corrected chi connectivity index (χ1v) is 8.18. The van der Waals surface area contributed by atoms with E-state index in [0.29, 0.717) is 4.90 Å². The molecular formula is C17H20FNOS. The second-order valence-electron chi connectivity index (χ2n) is 5.40. The normalized spacial score (nSPS) is 15.7. The molecule has 2 nitrogen and oxygen atoms in total. The molecule has 3 atom stereocenters. The Morgan fingerprint density at radius 2 is 1.71 bits per heavy atom. The van der Waals surface area contributed by atoms with Gasteiger partial charge in [-0.1, -0.05) is 50.2 Å². The highest BCUT2D eigenvalue weighted by Gasteiger charge is 2.29. The minimum atomic E-state index is -1.36. The monoisotopic (exact) mass is 305 g/mol. The fraction of sp³-hybridized carbons (Fsp3) is 0.294. The molecule has 2 rings (SSSR count). The van der Waals surface area contributed by atoms with Gasteiger partial charge in [-0.3, -0.25) is 4.21 Å². The lowest BCUT2D eigenvalue weighted by atomic mass is 9.97. The average molecular weight is 305 g/mol. The van der Waals surface area contributed by atoms with Crippen molar-refractivity contribution < 1.29 is 8.60 Å². The summed E-state index contributed by atoms with van der Waals surface area (Å²) in [5.74, 6) is -0.263. The minimum absolute atomic E-state index is 0.115. The van der Waals surface area contributed by atoms with Gasteiger partial charge < -0.3 is 5.73 Å². The molecular weight excluding hydrogens is 285 g/mol. The first-order valence-electron chi connectivity index (χ1n) is 6.97. The van der Waals surface area contributed by atoms with E-state index in [-0.39, 0.29) is 23.0 Å². The molecule has 2 aromatic rings. The van der Waals surface area contributed by atoms with E-state index in [4.69, 9.17) is 5.73 Å². The van der Waals surface area contributed by atoms with Crippen molar-refractivity contribution >= 4 is 10.8 Å². The van der Waals surface area contributed by atoms with Crippen LogP contribution in [0.25, 0.3) is 0 Å². The fourth-order valence-electron chi connectivity index (χ4n) is 2.41. The summed E-state index contributed by atoms with van der Waals surface area (Å²) < 4.78 is 26.2. The van der Waals surface area contributed by atoms with Gasteiger partial charge in [0.1, 0.15) is 5.82 Å². The van der Waals surface area contributed by atoms with E-state index in [2.05, 4.69) is 0 Å². The Kier molecular flexibility index (Phi) is 5.26. The molecule has 0 radical (unpaired) electrons. The van der Waals surface area contributed by atoms with Crippen molar-refractivity contribution in [2.45, 2.75) is 30.0 Å². The fourth-order valence-corrected chi connectivity index (χ4v) is 4.08. The summed E-state index contributed by atoms with van der Waals surface area (Å²) in [6.07, 6.45) is 0. The topological polar surface area (TPSA) is 43.1 Å². The molecule has 4 heteroatoms. The molecule has 2 aromatic carbocycles. The van der Waals surface area contributed by atoms with Gasteiger partial charge in [0.25, 0.3) is 0 Å². The molecule has 0 aliphatic carbocycles. The third kappa shape index (κ3) is 3.77. The van der Waals surface area contributed by atoms with E-state index in [9.17, 15) is 8.60 Å². The van der Waals surface area contributed by atoms with Gasteiger partial charge in [0, 0.05) is 10.9 Å². The van der Waals surface area contributed by atoms with Gasteiger partial charge in [-0.15, -0.1) is 0 Å². The van der Waals surface area contributed by atoms with Crippen LogP contribution in [-0.2, 0) is 10.8 Å². The lowest BCUT2D eigenvalue weighted by Crippen LogP contribution is -2.34. The van der Waals surface area contributed by atoms with Crippen molar-refractivity contribution in [3.8, 4) is 0 Å². The summed E-state index contributed by atoms with van der Waals surface area (Å²) in [4.78, 5) is 0.486.